The SMILES string of the molecule is CC(C)C(=NN)NO. The van der Waals surface area contributed by atoms with Crippen LogP contribution in [0.1, 0.15) is 13.8 Å². The van der Waals surface area contributed by atoms with E-state index in [9.17, 15) is 0 Å². The van der Waals surface area contributed by atoms with Crippen LogP contribution in [0.25, 0.3) is 0 Å². The molecule has 0 aromatic carbocycles. The number of hydroxylamine groups is 1. The smallest absolute Gasteiger partial charge is 0.147 e. The summed E-state index contributed by atoms with van der Waals surface area (Å²) in [5.74, 6) is 5.39. The number of nitrogens with zero attached hydrogens (tertiary/aromatic N) is 1. The van der Waals surface area contributed by atoms with Crippen LogP contribution in [-0.4, -0.2) is 11.0 Å². The van der Waals surface area contributed by atoms with Crippen molar-refractivity contribution in [1.82, 2.24) is 5.48 Å². The Morgan fingerprint density at radius 3 is 2.25 bits per heavy atom. The lowest BCUT2D eigenvalue weighted by molar-refractivity contribution is 0.228. The Kier molecular flexibility index (Phi) is 2.95. The summed E-state index contributed by atoms with van der Waals surface area (Å²) < 4.78 is 0. The molecule has 0 bridgehead atoms. The summed E-state index contributed by atoms with van der Waals surface area (Å²) in [6.45, 7) is 3.74. The first kappa shape index (κ1) is 7.23. The van der Waals surface area contributed by atoms with E-state index in [1.807, 2.05) is 19.3 Å². The Morgan fingerprint density at radius 2 is 2.25 bits per heavy atom. The summed E-state index contributed by atoms with van der Waals surface area (Å²) in [4.78, 5) is 0. The minimum absolute atomic E-state index is 0.144. The third-order valence-corrected chi connectivity index (χ3v) is 0.801. The largest absolute Gasteiger partial charge is 0.322 e. The molecule has 0 saturated carbocycles. The Balaban J connectivity index is 3.72. The average Bonchev–Trinajstić information content (AvgIpc) is 1.69. The Bertz CT molecular complexity index is 89.3. The van der Waals surface area contributed by atoms with Gasteiger partial charge in [-0.3, -0.25) is 10.7 Å². The van der Waals surface area contributed by atoms with Gasteiger partial charge in [-0.15, -0.1) is 0 Å². The minimum atomic E-state index is 0.144. The van der Waals surface area contributed by atoms with Crippen molar-refractivity contribution in [2.45, 2.75) is 13.8 Å². The number of nitrogens with one attached hydrogen (secondary N) is 1. The van der Waals surface area contributed by atoms with Crippen molar-refractivity contribution in [2.75, 3.05) is 0 Å². The van der Waals surface area contributed by atoms with Gasteiger partial charge in [-0.2, -0.15) is 5.10 Å². The first-order valence-electron chi connectivity index (χ1n) is 2.40. The molecule has 4 nitrogen and oxygen atoms in total. The van der Waals surface area contributed by atoms with E-state index in [4.69, 9.17) is 11.0 Å². The second kappa shape index (κ2) is 3.26. The van der Waals surface area contributed by atoms with Crippen molar-refractivity contribution < 1.29 is 5.21 Å². The monoisotopic (exact) mass is 117 g/mol. The van der Waals surface area contributed by atoms with Gasteiger partial charge < -0.3 is 5.84 Å². The second-order valence-corrected chi connectivity index (χ2v) is 1.78. The van der Waals surface area contributed by atoms with Gasteiger partial charge in [-0.1, -0.05) is 13.8 Å². The molecule has 0 unspecified atom stereocenters. The van der Waals surface area contributed by atoms with Gasteiger partial charge in [0.2, 0.25) is 0 Å². The van der Waals surface area contributed by atoms with Crippen LogP contribution in [0.2, 0.25) is 0 Å². The van der Waals surface area contributed by atoms with Gasteiger partial charge in [-0.05, 0) is 0 Å². The van der Waals surface area contributed by atoms with Crippen molar-refractivity contribution >= 4 is 5.84 Å². The molecule has 48 valence electrons. The average molecular weight is 117 g/mol. The Morgan fingerprint density at radius 1 is 1.75 bits per heavy atom. The van der Waals surface area contributed by atoms with Crippen LogP contribution in [0.4, 0.5) is 0 Å². The highest BCUT2D eigenvalue weighted by Gasteiger charge is 1.99. The molecule has 0 spiro atoms. The fraction of sp³-hybridized carbons (Fsp3) is 0.750. The molecule has 0 fully saturated rings. The van der Waals surface area contributed by atoms with Gasteiger partial charge in [0.15, 0.2) is 0 Å². The lowest BCUT2D eigenvalue weighted by Gasteiger charge is -2.03. The molecule has 4 heteroatoms. The molecule has 0 aliphatic rings. The third kappa shape index (κ3) is 1.79. The van der Waals surface area contributed by atoms with E-state index in [2.05, 4.69) is 5.10 Å². The van der Waals surface area contributed by atoms with E-state index in [-0.39, 0.29) is 5.92 Å². The van der Waals surface area contributed by atoms with Crippen LogP contribution in [0, 0.1) is 5.92 Å². The molecule has 4 N–H and O–H groups in total. The number of hydrogen-bond acceptors (Lipinski definition) is 3. The maximum absolute atomic E-state index is 8.24. The van der Waals surface area contributed by atoms with Gasteiger partial charge in [0, 0.05) is 5.92 Å². The summed E-state index contributed by atoms with van der Waals surface area (Å²) in [7, 11) is 0. The Labute approximate surface area is 48.3 Å². The maximum atomic E-state index is 8.24. The molecule has 0 aromatic heterocycles. The summed E-state index contributed by atoms with van der Waals surface area (Å²) in [6.07, 6.45) is 0. The molecule has 0 rings (SSSR count). The summed E-state index contributed by atoms with van der Waals surface area (Å²) in [5.41, 5.74) is 1.88. The van der Waals surface area contributed by atoms with Crippen LogP contribution in [0.15, 0.2) is 5.10 Å². The van der Waals surface area contributed by atoms with Crippen molar-refractivity contribution in [3.05, 3.63) is 0 Å². The first-order valence-corrected chi connectivity index (χ1v) is 2.40. The number of nitrogens with two attached hydrogens (primary N) is 1. The van der Waals surface area contributed by atoms with E-state index in [0.717, 1.165) is 0 Å². The summed E-state index contributed by atoms with van der Waals surface area (Å²) in [5, 5.41) is 11.5. The van der Waals surface area contributed by atoms with Crippen LogP contribution in [-0.2, 0) is 0 Å². The molecule has 0 aromatic rings. The van der Waals surface area contributed by atoms with Gasteiger partial charge in [-0.25, -0.2) is 0 Å². The predicted molar refractivity (Wildman–Crippen MR) is 31.4 cm³/mol. The van der Waals surface area contributed by atoms with Crippen LogP contribution in [0.5, 0.6) is 0 Å². The van der Waals surface area contributed by atoms with Gasteiger partial charge in [0.1, 0.15) is 5.84 Å². The van der Waals surface area contributed by atoms with Gasteiger partial charge in [0.05, 0.1) is 0 Å². The quantitative estimate of drug-likeness (QED) is 0.194. The van der Waals surface area contributed by atoms with Gasteiger partial charge in [0.25, 0.3) is 0 Å². The summed E-state index contributed by atoms with van der Waals surface area (Å²) >= 11 is 0. The zero-order valence-corrected chi connectivity index (χ0v) is 5.05. The zero-order chi connectivity index (χ0) is 6.57. The second-order valence-electron chi connectivity index (χ2n) is 1.78. The molecule has 0 aliphatic carbocycles. The fourth-order valence-electron chi connectivity index (χ4n) is 0.307. The number of hydrazone groups is 1. The summed E-state index contributed by atoms with van der Waals surface area (Å²) in [6, 6.07) is 0. The van der Waals surface area contributed by atoms with E-state index < -0.39 is 0 Å². The molecule has 0 heterocycles. The lowest BCUT2D eigenvalue weighted by Crippen LogP contribution is -2.25. The highest BCUT2D eigenvalue weighted by Crippen LogP contribution is 1.90. The normalized spacial score (nSPS) is 12.2. The van der Waals surface area contributed by atoms with Crippen LogP contribution in [0.3, 0.4) is 0 Å². The molecule has 0 saturated heterocycles. The standard InChI is InChI=1S/C4H11N3O/c1-3(2)4(6-5)7-8/h3,8H,5H2,1-2H3,(H,6,7). The van der Waals surface area contributed by atoms with Gasteiger partial charge >= 0.3 is 0 Å². The Hall–Kier alpha value is -0.770. The van der Waals surface area contributed by atoms with Crippen molar-refractivity contribution in [1.29, 1.82) is 0 Å². The van der Waals surface area contributed by atoms with Crippen molar-refractivity contribution in [3.63, 3.8) is 0 Å². The third-order valence-electron chi connectivity index (χ3n) is 0.801. The fourth-order valence-corrected chi connectivity index (χ4v) is 0.307. The number of hydrogen-bond donors (Lipinski definition) is 3. The molecule has 8 heavy (non-hydrogen) atoms. The number of amidine groups is 1. The van der Waals surface area contributed by atoms with E-state index in [1.54, 1.807) is 0 Å². The van der Waals surface area contributed by atoms with Crippen molar-refractivity contribution in [3.8, 4) is 0 Å². The highest BCUT2D eigenvalue weighted by molar-refractivity contribution is 5.82. The highest BCUT2D eigenvalue weighted by atomic mass is 16.5. The van der Waals surface area contributed by atoms with Crippen LogP contribution >= 0.6 is 0 Å². The van der Waals surface area contributed by atoms with E-state index in [0.29, 0.717) is 5.84 Å². The predicted octanol–water partition coefficient (Wildman–Crippen LogP) is -0.107. The molecular formula is C4H11N3O. The molecule has 0 radical (unpaired) electrons. The number of rotatable bonds is 1. The molecule has 0 aliphatic heterocycles. The molecule has 0 atom stereocenters. The van der Waals surface area contributed by atoms with Crippen molar-refractivity contribution in [2.24, 2.45) is 16.9 Å². The zero-order valence-electron chi connectivity index (χ0n) is 5.05. The van der Waals surface area contributed by atoms with E-state index >= 15 is 0 Å². The molecule has 0 amide bonds. The maximum Gasteiger partial charge on any atom is 0.147 e. The van der Waals surface area contributed by atoms with E-state index in [1.165, 1.54) is 0 Å². The lowest BCUT2D eigenvalue weighted by atomic mass is 10.2. The molecular weight excluding hydrogens is 106 g/mol. The first-order chi connectivity index (χ1) is 3.72. The topological polar surface area (TPSA) is 70.6 Å². The van der Waals surface area contributed by atoms with Crippen LogP contribution < -0.4 is 11.3 Å². The minimum Gasteiger partial charge on any atom is -0.322 e.